The highest BCUT2D eigenvalue weighted by Crippen LogP contribution is 2.32. The summed E-state index contributed by atoms with van der Waals surface area (Å²) in [5.41, 5.74) is 7.92. The van der Waals surface area contributed by atoms with Crippen molar-refractivity contribution in [1.82, 2.24) is 19.5 Å². The van der Waals surface area contributed by atoms with Crippen molar-refractivity contribution in [1.29, 1.82) is 0 Å². The van der Waals surface area contributed by atoms with E-state index in [2.05, 4.69) is 25.1 Å². The van der Waals surface area contributed by atoms with Crippen LogP contribution in [0, 0.1) is 12.4 Å². The van der Waals surface area contributed by atoms with Crippen molar-refractivity contribution in [2.24, 2.45) is 0 Å². The molecule has 3 aromatic heterocycles. The first-order valence-electron chi connectivity index (χ1n) is 11.6. The van der Waals surface area contributed by atoms with E-state index in [4.69, 9.17) is 17.0 Å². The second kappa shape index (κ2) is 9.99. The minimum absolute atomic E-state index is 0.00514. The van der Waals surface area contributed by atoms with Crippen LogP contribution in [0.2, 0.25) is 0 Å². The van der Waals surface area contributed by atoms with Gasteiger partial charge in [0.15, 0.2) is 0 Å². The molecular weight excluding hydrogens is 485 g/mol. The Balaban J connectivity index is 1.76. The normalized spacial score (nSPS) is 11.6. The van der Waals surface area contributed by atoms with Crippen LogP contribution in [0.3, 0.4) is 0 Å². The number of aromatic nitrogens is 4. The minimum Gasteiger partial charge on any atom is -0.481 e. The summed E-state index contributed by atoms with van der Waals surface area (Å²) in [6.07, 6.45) is 2.94. The highest BCUT2D eigenvalue weighted by atomic mass is 19.1. The number of rotatable bonds is 6. The molecule has 0 saturated carbocycles. The quantitative estimate of drug-likeness (QED) is 0.300. The molecule has 1 atom stereocenters. The standard InChI is InChI=1S/C28H22FN7O2/c1-16(34-26-22(31-2)15-33-28(30)35-26)23-12-18-6-4-9-21(17-10-11-32-24(13-17)38-3)25(18)27(37)36(23)20-8-5-7-19(29)14-20/h4-16H,1,3H3,(H3,30,33,34,35)/t16-/m0/s1. The Morgan fingerprint density at radius 3 is 2.71 bits per heavy atom. The first-order chi connectivity index (χ1) is 18.4. The molecule has 0 aliphatic rings. The maximum absolute atomic E-state index is 14.3. The molecular formula is C28H22FN7O2. The SMILES string of the molecule is [C-]#[N+]c1cnc(N)nc1N[C@@H](C)c1cc2cccc(-c3ccnc(OC)c3)c2c(=O)n1-c1cccc(F)c1. The molecule has 0 fully saturated rings. The highest BCUT2D eigenvalue weighted by Gasteiger charge is 2.20. The van der Waals surface area contributed by atoms with Gasteiger partial charge < -0.3 is 15.8 Å². The molecule has 2 aromatic carbocycles. The Bertz CT molecular complexity index is 1780. The fourth-order valence-electron chi connectivity index (χ4n) is 4.37. The monoisotopic (exact) mass is 507 g/mol. The van der Waals surface area contributed by atoms with Crippen molar-refractivity contribution < 1.29 is 9.13 Å². The third-order valence-corrected chi connectivity index (χ3v) is 6.10. The molecule has 9 nitrogen and oxygen atoms in total. The van der Waals surface area contributed by atoms with E-state index in [0.29, 0.717) is 33.6 Å². The van der Waals surface area contributed by atoms with Gasteiger partial charge in [-0.05, 0) is 53.8 Å². The lowest BCUT2D eigenvalue weighted by Gasteiger charge is -2.22. The topological polar surface area (TPSA) is 112 Å². The van der Waals surface area contributed by atoms with E-state index < -0.39 is 11.9 Å². The molecule has 188 valence electrons. The lowest BCUT2D eigenvalue weighted by atomic mass is 9.98. The van der Waals surface area contributed by atoms with Gasteiger partial charge >= 0.3 is 0 Å². The zero-order valence-corrected chi connectivity index (χ0v) is 20.5. The lowest BCUT2D eigenvalue weighted by Crippen LogP contribution is -2.26. The molecule has 38 heavy (non-hydrogen) atoms. The van der Waals surface area contributed by atoms with Crippen LogP contribution < -0.4 is 21.3 Å². The van der Waals surface area contributed by atoms with Crippen molar-refractivity contribution in [3.8, 4) is 22.7 Å². The average Bonchev–Trinajstić information content (AvgIpc) is 2.92. The zero-order valence-electron chi connectivity index (χ0n) is 20.5. The van der Waals surface area contributed by atoms with Crippen LogP contribution in [-0.2, 0) is 0 Å². The van der Waals surface area contributed by atoms with E-state index in [-0.39, 0.29) is 23.0 Å². The summed E-state index contributed by atoms with van der Waals surface area (Å²) in [5.74, 6) is 0.174. The molecule has 5 rings (SSSR count). The summed E-state index contributed by atoms with van der Waals surface area (Å²) in [6, 6.07) is 16.3. The maximum Gasteiger partial charge on any atom is 0.263 e. The number of halogens is 1. The molecule has 10 heteroatoms. The summed E-state index contributed by atoms with van der Waals surface area (Å²) in [4.78, 5) is 29.9. The number of nitrogens with one attached hydrogen (secondary N) is 1. The summed E-state index contributed by atoms with van der Waals surface area (Å²) < 4.78 is 21.1. The predicted octanol–water partition coefficient (Wildman–Crippen LogP) is 5.30. The van der Waals surface area contributed by atoms with Crippen LogP contribution in [0.4, 0.5) is 21.8 Å². The number of hydrogen-bond acceptors (Lipinski definition) is 7. The van der Waals surface area contributed by atoms with Gasteiger partial charge in [-0.25, -0.2) is 24.2 Å². The Morgan fingerprint density at radius 1 is 1.13 bits per heavy atom. The Morgan fingerprint density at radius 2 is 1.95 bits per heavy atom. The summed E-state index contributed by atoms with van der Waals surface area (Å²) in [5, 5.41) is 4.31. The van der Waals surface area contributed by atoms with Crippen molar-refractivity contribution in [3.05, 3.63) is 106 Å². The van der Waals surface area contributed by atoms with Crippen molar-refractivity contribution >= 4 is 28.2 Å². The molecule has 3 heterocycles. The van der Waals surface area contributed by atoms with Crippen LogP contribution in [0.1, 0.15) is 18.7 Å². The van der Waals surface area contributed by atoms with Crippen LogP contribution >= 0.6 is 0 Å². The van der Waals surface area contributed by atoms with Crippen molar-refractivity contribution in [2.45, 2.75) is 13.0 Å². The number of fused-ring (bicyclic) bond motifs is 1. The van der Waals surface area contributed by atoms with Crippen LogP contribution in [0.15, 0.2) is 77.9 Å². The number of anilines is 2. The van der Waals surface area contributed by atoms with Crippen LogP contribution in [-0.4, -0.2) is 26.6 Å². The van der Waals surface area contributed by atoms with E-state index in [0.717, 1.165) is 5.56 Å². The largest absolute Gasteiger partial charge is 0.481 e. The average molecular weight is 508 g/mol. The van der Waals surface area contributed by atoms with E-state index in [9.17, 15) is 9.18 Å². The molecule has 0 aliphatic carbocycles. The summed E-state index contributed by atoms with van der Waals surface area (Å²) in [7, 11) is 1.53. The molecule has 0 spiro atoms. The maximum atomic E-state index is 14.3. The van der Waals surface area contributed by atoms with E-state index in [1.807, 2.05) is 31.2 Å². The number of nitrogens with zero attached hydrogens (tertiary/aromatic N) is 5. The van der Waals surface area contributed by atoms with Crippen molar-refractivity contribution in [3.63, 3.8) is 0 Å². The Hall–Kier alpha value is -5.30. The molecule has 3 N–H and O–H groups in total. The van der Waals surface area contributed by atoms with Gasteiger partial charge in [-0.15, -0.1) is 0 Å². The first-order valence-corrected chi connectivity index (χ1v) is 11.6. The van der Waals surface area contributed by atoms with Gasteiger partial charge in [0.2, 0.25) is 17.5 Å². The number of nitrogens with two attached hydrogens (primary N) is 1. The third-order valence-electron chi connectivity index (χ3n) is 6.10. The van der Waals surface area contributed by atoms with Gasteiger partial charge in [0.1, 0.15) is 11.6 Å². The zero-order chi connectivity index (χ0) is 26.8. The molecule has 0 aliphatic heterocycles. The van der Waals surface area contributed by atoms with Gasteiger partial charge in [-0.1, -0.05) is 24.3 Å². The first kappa shape index (κ1) is 24.4. The second-order valence-electron chi connectivity index (χ2n) is 8.49. The van der Waals surface area contributed by atoms with Gasteiger partial charge in [0.05, 0.1) is 30.8 Å². The molecule has 5 aromatic rings. The fraction of sp³-hybridized carbons (Fsp3) is 0.107. The number of ether oxygens (including phenoxy) is 1. The highest BCUT2D eigenvalue weighted by molar-refractivity contribution is 5.96. The Labute approximate surface area is 217 Å². The van der Waals surface area contributed by atoms with Gasteiger partial charge in [0.25, 0.3) is 5.56 Å². The number of pyridine rings is 2. The number of benzene rings is 2. The van der Waals surface area contributed by atoms with Gasteiger partial charge in [-0.2, -0.15) is 0 Å². The van der Waals surface area contributed by atoms with Crippen molar-refractivity contribution in [2.75, 3.05) is 18.2 Å². The van der Waals surface area contributed by atoms with Gasteiger partial charge in [0, 0.05) is 24.2 Å². The minimum atomic E-state index is -0.533. The number of methoxy groups -OCH3 is 1. The Kier molecular flexibility index (Phi) is 6.41. The number of nitrogen functional groups attached to an aromatic ring is 1. The molecule has 0 unspecified atom stereocenters. The van der Waals surface area contributed by atoms with Crippen LogP contribution in [0.5, 0.6) is 5.88 Å². The molecule has 0 radical (unpaired) electrons. The van der Waals surface area contributed by atoms with Gasteiger partial charge in [-0.3, -0.25) is 9.36 Å². The summed E-state index contributed by atoms with van der Waals surface area (Å²) >= 11 is 0. The molecule has 0 saturated heterocycles. The predicted molar refractivity (Wildman–Crippen MR) is 144 cm³/mol. The van der Waals surface area contributed by atoms with E-state index >= 15 is 0 Å². The van der Waals surface area contributed by atoms with E-state index in [1.54, 1.807) is 30.5 Å². The second-order valence-corrected chi connectivity index (χ2v) is 8.49. The molecule has 0 amide bonds. The smallest absolute Gasteiger partial charge is 0.263 e. The lowest BCUT2D eigenvalue weighted by molar-refractivity contribution is 0.398. The third kappa shape index (κ3) is 4.49. The molecule has 0 bridgehead atoms. The summed E-state index contributed by atoms with van der Waals surface area (Å²) in [6.45, 7) is 9.25. The van der Waals surface area contributed by atoms with Crippen LogP contribution in [0.25, 0.3) is 32.4 Å². The fourth-order valence-corrected chi connectivity index (χ4v) is 4.37. The van der Waals surface area contributed by atoms with E-state index in [1.165, 1.54) is 30.0 Å². The number of hydrogen-bond donors (Lipinski definition) is 2.